The van der Waals surface area contributed by atoms with Gasteiger partial charge >= 0.3 is 0 Å². The van der Waals surface area contributed by atoms with E-state index in [2.05, 4.69) is 14.9 Å². The second kappa shape index (κ2) is 11.8. The maximum atomic E-state index is 13.0. The average molecular weight is 623 g/mol. The summed E-state index contributed by atoms with van der Waals surface area (Å²) < 4.78 is 57.5. The molecule has 5 aromatic rings. The molecule has 4 aromatic carbocycles. The maximum absolute atomic E-state index is 13.0. The zero-order valence-electron chi connectivity index (χ0n) is 21.5. The van der Waals surface area contributed by atoms with Gasteiger partial charge in [0.15, 0.2) is 0 Å². The van der Waals surface area contributed by atoms with E-state index in [-0.39, 0.29) is 24.6 Å². The summed E-state index contributed by atoms with van der Waals surface area (Å²) in [6, 6.07) is 29.9. The number of hydrogen-bond donors (Lipinski definition) is 1. The van der Waals surface area contributed by atoms with Crippen molar-refractivity contribution in [3.63, 3.8) is 0 Å². The molecule has 0 saturated carbocycles. The van der Waals surface area contributed by atoms with Crippen LogP contribution in [0.3, 0.4) is 0 Å². The van der Waals surface area contributed by atoms with Crippen molar-refractivity contribution >= 4 is 54.7 Å². The van der Waals surface area contributed by atoms with Crippen molar-refractivity contribution in [2.75, 3.05) is 5.43 Å². The van der Waals surface area contributed by atoms with Crippen molar-refractivity contribution in [3.8, 4) is 5.69 Å². The molecule has 12 heteroatoms. The summed E-state index contributed by atoms with van der Waals surface area (Å²) >= 11 is 7.75. The van der Waals surface area contributed by atoms with Gasteiger partial charge in [0.1, 0.15) is 5.15 Å². The van der Waals surface area contributed by atoms with Gasteiger partial charge in [-0.15, -0.1) is 4.40 Å². The molecule has 41 heavy (non-hydrogen) atoms. The minimum absolute atomic E-state index is 0.0638. The van der Waals surface area contributed by atoms with Crippen molar-refractivity contribution in [3.05, 3.63) is 130 Å². The molecule has 0 aliphatic carbocycles. The summed E-state index contributed by atoms with van der Waals surface area (Å²) in [4.78, 5) is 1.05. The number of hydrogen-bond acceptors (Lipinski definition) is 7. The zero-order valence-corrected chi connectivity index (χ0v) is 24.8. The van der Waals surface area contributed by atoms with Gasteiger partial charge < -0.3 is 0 Å². The Labute approximate surface area is 246 Å². The fourth-order valence-electron chi connectivity index (χ4n) is 3.80. The smallest absolute Gasteiger partial charge is 0.278 e. The number of sulfone groups is 1. The molecule has 1 aromatic heterocycles. The number of rotatable bonds is 8. The number of benzene rings is 4. The van der Waals surface area contributed by atoms with Crippen LogP contribution in [-0.2, 0) is 19.9 Å². The number of sulfonamides is 1. The van der Waals surface area contributed by atoms with E-state index in [1.54, 1.807) is 71.3 Å². The molecule has 0 aliphatic heterocycles. The van der Waals surface area contributed by atoms with Crippen molar-refractivity contribution < 1.29 is 16.8 Å². The highest BCUT2D eigenvalue weighted by Crippen LogP contribution is 2.24. The van der Waals surface area contributed by atoms with Gasteiger partial charge in [0.2, 0.25) is 14.6 Å². The minimum atomic E-state index is -4.00. The molecule has 0 fully saturated rings. The molecule has 0 unspecified atom stereocenters. The molecule has 208 valence electrons. The monoisotopic (exact) mass is 622 g/mol. The van der Waals surface area contributed by atoms with Crippen LogP contribution < -0.4 is 10.2 Å². The Bertz CT molecular complexity index is 1990. The third-order valence-electron chi connectivity index (χ3n) is 5.92. The Hall–Kier alpha value is -4.03. The van der Waals surface area contributed by atoms with Gasteiger partial charge in [-0.25, -0.2) is 8.42 Å². The van der Waals surface area contributed by atoms with E-state index in [0.717, 1.165) is 16.9 Å². The summed E-state index contributed by atoms with van der Waals surface area (Å²) in [6.07, 6.45) is 1.46. The molecule has 5 rings (SSSR count). The molecule has 0 amide bonds. The summed E-state index contributed by atoms with van der Waals surface area (Å²) in [7, 11) is -7.65. The quantitative estimate of drug-likeness (QED) is 0.167. The molecule has 8 nitrogen and oxygen atoms in total. The van der Waals surface area contributed by atoms with Gasteiger partial charge in [-0.05, 0) is 67.6 Å². The lowest BCUT2D eigenvalue weighted by molar-refractivity contribution is 0.594. The van der Waals surface area contributed by atoms with Crippen LogP contribution in [0.2, 0.25) is 5.15 Å². The van der Waals surface area contributed by atoms with E-state index in [4.69, 9.17) is 11.6 Å². The van der Waals surface area contributed by atoms with E-state index >= 15 is 0 Å². The second-order valence-electron chi connectivity index (χ2n) is 8.80. The number of thiazole rings is 1. The number of anilines is 1. The first kappa shape index (κ1) is 28.5. The topological polar surface area (TPSA) is 110 Å². The van der Waals surface area contributed by atoms with Crippen LogP contribution >= 0.6 is 22.9 Å². The summed E-state index contributed by atoms with van der Waals surface area (Å²) in [5, 5.41) is 4.46. The Kier molecular flexibility index (Phi) is 8.22. The third kappa shape index (κ3) is 6.33. The Morgan fingerprint density at radius 2 is 1.32 bits per heavy atom. The van der Waals surface area contributed by atoms with Crippen LogP contribution in [0, 0.1) is 6.92 Å². The highest BCUT2D eigenvalue weighted by molar-refractivity contribution is 7.91. The van der Waals surface area contributed by atoms with E-state index in [9.17, 15) is 16.8 Å². The molecule has 0 atom stereocenters. The van der Waals surface area contributed by atoms with Crippen LogP contribution in [0.5, 0.6) is 0 Å². The number of halogens is 1. The van der Waals surface area contributed by atoms with E-state index in [1.165, 1.54) is 30.5 Å². The number of nitrogens with one attached hydrogen (secondary N) is 1. The first-order valence-electron chi connectivity index (χ1n) is 12.2. The average Bonchev–Trinajstić information content (AvgIpc) is 3.28. The summed E-state index contributed by atoms with van der Waals surface area (Å²) in [5.74, 6) is 0. The van der Waals surface area contributed by atoms with Crippen LogP contribution in [0.15, 0.2) is 133 Å². The minimum Gasteiger partial charge on any atom is -0.278 e. The standard InChI is InChI=1S/C29H23ClN4O4S3/c1-21-12-16-24(17-13-21)40(35,36)25-18-14-22(15-19-25)32-31-20-27-28(30)34(23-8-4-2-5-9-23)29(39-27)33-41(37,38)26-10-6-3-7-11-26/h2-20,32H,1H3/b31-20+,33-29-. The second-order valence-corrected chi connectivity index (χ2v) is 13.7. The number of para-hydroxylation sites is 1. The lowest BCUT2D eigenvalue weighted by Gasteiger charge is -2.06. The Balaban J connectivity index is 1.43. The number of nitrogens with zero attached hydrogens (tertiary/aromatic N) is 3. The molecular formula is C29H23ClN4O4S3. The van der Waals surface area contributed by atoms with Gasteiger partial charge in [-0.3, -0.25) is 9.99 Å². The van der Waals surface area contributed by atoms with Crippen LogP contribution in [-0.4, -0.2) is 27.6 Å². The predicted molar refractivity (Wildman–Crippen MR) is 162 cm³/mol. The fourth-order valence-corrected chi connectivity index (χ4v) is 7.55. The van der Waals surface area contributed by atoms with Crippen LogP contribution in [0.25, 0.3) is 5.69 Å². The summed E-state index contributed by atoms with van der Waals surface area (Å²) in [5.41, 5.74) is 5.00. The first-order valence-corrected chi connectivity index (χ1v) is 16.3. The SMILES string of the molecule is Cc1ccc(S(=O)(=O)c2ccc(N/N=C/c3s/c(=N\S(=O)(=O)c4ccccc4)n(-c4ccccc4)c3Cl)cc2)cc1. The van der Waals surface area contributed by atoms with Crippen molar-refractivity contribution in [2.24, 2.45) is 9.50 Å². The fraction of sp³-hybridized carbons (Fsp3) is 0.0345. The van der Waals surface area contributed by atoms with E-state index < -0.39 is 19.9 Å². The highest BCUT2D eigenvalue weighted by atomic mass is 35.5. The molecule has 0 saturated heterocycles. The number of aryl methyl sites for hydroxylation is 1. The van der Waals surface area contributed by atoms with Crippen LogP contribution in [0.4, 0.5) is 5.69 Å². The van der Waals surface area contributed by atoms with Crippen molar-refractivity contribution in [1.82, 2.24) is 4.57 Å². The van der Waals surface area contributed by atoms with Crippen molar-refractivity contribution in [2.45, 2.75) is 21.6 Å². The summed E-state index contributed by atoms with van der Waals surface area (Å²) in [6.45, 7) is 1.89. The molecular weight excluding hydrogens is 600 g/mol. The first-order chi connectivity index (χ1) is 19.6. The van der Waals surface area contributed by atoms with Crippen molar-refractivity contribution in [1.29, 1.82) is 0 Å². The normalized spacial score (nSPS) is 12.6. The van der Waals surface area contributed by atoms with Gasteiger partial charge in [0.25, 0.3) is 10.0 Å². The lowest BCUT2D eigenvalue weighted by Crippen LogP contribution is -2.15. The maximum Gasteiger partial charge on any atom is 0.285 e. The predicted octanol–water partition coefficient (Wildman–Crippen LogP) is 6.07. The number of aromatic nitrogens is 1. The molecule has 0 radical (unpaired) electrons. The molecule has 0 aliphatic rings. The van der Waals surface area contributed by atoms with Gasteiger partial charge in [-0.2, -0.15) is 13.5 Å². The molecule has 0 bridgehead atoms. The molecule has 1 N–H and O–H groups in total. The van der Waals surface area contributed by atoms with Crippen LogP contribution in [0.1, 0.15) is 10.4 Å². The Morgan fingerprint density at radius 1 is 0.756 bits per heavy atom. The zero-order chi connectivity index (χ0) is 29.0. The van der Waals surface area contributed by atoms with Gasteiger partial charge in [-0.1, -0.05) is 77.0 Å². The van der Waals surface area contributed by atoms with E-state index in [1.807, 2.05) is 25.1 Å². The largest absolute Gasteiger partial charge is 0.285 e. The number of hydrazone groups is 1. The lowest BCUT2D eigenvalue weighted by atomic mass is 10.2. The van der Waals surface area contributed by atoms with Gasteiger partial charge in [0, 0.05) is 5.69 Å². The van der Waals surface area contributed by atoms with E-state index in [0.29, 0.717) is 16.3 Å². The molecule has 0 spiro atoms. The molecule has 1 heterocycles. The van der Waals surface area contributed by atoms with Gasteiger partial charge in [0.05, 0.1) is 31.5 Å². The third-order valence-corrected chi connectivity index (χ3v) is 10.6. The highest BCUT2D eigenvalue weighted by Gasteiger charge is 2.18. The Morgan fingerprint density at radius 3 is 1.93 bits per heavy atom.